The molecule has 0 aromatic heterocycles. The Morgan fingerprint density at radius 1 is 1.22 bits per heavy atom. The molecule has 2 rings (SSSR count). The number of carbonyl (C=O) groups is 1. The number of benzene rings is 1. The van der Waals surface area contributed by atoms with Crippen LogP contribution in [-0.2, 0) is 13.9 Å². The largest absolute Gasteiger partial charge is 0.454 e. The summed E-state index contributed by atoms with van der Waals surface area (Å²) in [7, 11) is -2.29. The summed E-state index contributed by atoms with van der Waals surface area (Å²) in [4.78, 5) is 12.6. The second kappa shape index (κ2) is 8.38. The molecule has 1 aromatic rings. The van der Waals surface area contributed by atoms with Crippen molar-refractivity contribution in [3.05, 3.63) is 35.9 Å². The molecule has 4 N–H and O–H groups in total. The van der Waals surface area contributed by atoms with Gasteiger partial charge in [-0.2, -0.15) is 0 Å². The van der Waals surface area contributed by atoms with Crippen LogP contribution in [0, 0.1) is 0 Å². The van der Waals surface area contributed by atoms with Crippen molar-refractivity contribution in [3.8, 4) is 0 Å². The number of hydrogen-bond donors (Lipinski definition) is 3. The van der Waals surface area contributed by atoms with E-state index in [1.165, 1.54) is 0 Å². The van der Waals surface area contributed by atoms with E-state index in [1.807, 2.05) is 13.1 Å². The molecule has 1 aliphatic heterocycles. The van der Waals surface area contributed by atoms with Gasteiger partial charge in [-0.3, -0.25) is 0 Å². The van der Waals surface area contributed by atoms with Crippen molar-refractivity contribution >= 4 is 14.3 Å². The Morgan fingerprint density at radius 3 is 2.33 bits per heavy atom. The average molecular weight is 398 g/mol. The van der Waals surface area contributed by atoms with Crippen molar-refractivity contribution in [2.45, 2.75) is 69.5 Å². The van der Waals surface area contributed by atoms with Gasteiger partial charge in [-0.05, 0) is 30.3 Å². The third-order valence-electron chi connectivity index (χ3n) is 5.38. The third kappa shape index (κ3) is 4.95. The minimum atomic E-state index is -2.29. The number of aliphatic hydroxyl groups is 2. The van der Waals surface area contributed by atoms with Gasteiger partial charge in [0.25, 0.3) is 0 Å². The fourth-order valence-corrected chi connectivity index (χ4v) is 3.98. The molecule has 0 radical (unpaired) electrons. The summed E-state index contributed by atoms with van der Waals surface area (Å²) < 4.78 is 17.5. The Kier molecular flexibility index (Phi) is 6.83. The molecule has 1 saturated heterocycles. The average Bonchev–Trinajstić information content (AvgIpc) is 2.60. The second-order valence-corrected chi connectivity index (χ2v) is 13.2. The van der Waals surface area contributed by atoms with Gasteiger partial charge in [0.1, 0.15) is 18.3 Å². The molecule has 8 heteroatoms. The van der Waals surface area contributed by atoms with Gasteiger partial charge in [0.2, 0.25) is 0 Å². The number of aliphatic hydroxyl groups excluding tert-OH is 2. The summed E-state index contributed by atoms with van der Waals surface area (Å²) in [5, 5.41) is 19.8. The number of carbonyl (C=O) groups excluding carboxylic acids is 1. The van der Waals surface area contributed by atoms with E-state index in [4.69, 9.17) is 19.6 Å². The molecule has 0 aliphatic carbocycles. The fourth-order valence-electron chi connectivity index (χ4n) is 2.66. The highest BCUT2D eigenvalue weighted by atomic mass is 28.4. The van der Waals surface area contributed by atoms with E-state index in [2.05, 4.69) is 20.8 Å². The molecule has 5 atom stereocenters. The van der Waals surface area contributed by atoms with Crippen LogP contribution in [-0.4, -0.2) is 61.8 Å². The SMILES string of the molecule is CC(C)(C)[Si](C)(C)O[C@H]1[C@H](OC(=O)c2ccccc2)[C@@H](N)[C@@H](O)O[C@@H]1CO. The third-order valence-corrected chi connectivity index (χ3v) is 9.86. The van der Waals surface area contributed by atoms with E-state index < -0.39 is 44.9 Å². The Bertz CT molecular complexity index is 633. The van der Waals surface area contributed by atoms with Gasteiger partial charge in [-0.25, -0.2) is 4.79 Å². The molecular weight excluding hydrogens is 366 g/mol. The fraction of sp³-hybridized carbons (Fsp3) is 0.632. The smallest absolute Gasteiger partial charge is 0.338 e. The van der Waals surface area contributed by atoms with Gasteiger partial charge in [-0.15, -0.1) is 0 Å². The van der Waals surface area contributed by atoms with E-state index in [0.717, 1.165) is 0 Å². The molecule has 0 saturated carbocycles. The monoisotopic (exact) mass is 397 g/mol. The lowest BCUT2D eigenvalue weighted by molar-refractivity contribution is -0.245. The molecule has 7 nitrogen and oxygen atoms in total. The Hall–Kier alpha value is -1.29. The van der Waals surface area contributed by atoms with Crippen molar-refractivity contribution in [1.82, 2.24) is 0 Å². The summed E-state index contributed by atoms with van der Waals surface area (Å²) in [5.41, 5.74) is 6.46. The maximum absolute atomic E-state index is 12.6. The Morgan fingerprint density at radius 2 is 1.81 bits per heavy atom. The summed E-state index contributed by atoms with van der Waals surface area (Å²) >= 11 is 0. The van der Waals surface area contributed by atoms with Crippen LogP contribution in [0.5, 0.6) is 0 Å². The van der Waals surface area contributed by atoms with E-state index in [1.54, 1.807) is 30.3 Å². The quantitative estimate of drug-likeness (QED) is 0.511. The van der Waals surface area contributed by atoms with Crippen LogP contribution < -0.4 is 5.73 Å². The number of hydrogen-bond acceptors (Lipinski definition) is 7. The second-order valence-electron chi connectivity index (χ2n) is 8.40. The van der Waals surface area contributed by atoms with Gasteiger partial charge in [0.05, 0.1) is 18.2 Å². The first-order chi connectivity index (χ1) is 12.5. The standard InChI is InChI=1S/C19H31NO6Si/c1-19(2,3)27(4,5)26-15-13(11-21)24-18(23)14(20)16(15)25-17(22)12-9-7-6-8-10-12/h6-10,13-16,18,21,23H,11,20H2,1-5H3/t13-,14-,15-,16-,18+/m1/s1. The van der Waals surface area contributed by atoms with E-state index in [0.29, 0.717) is 5.56 Å². The summed E-state index contributed by atoms with van der Waals surface area (Å²) in [5.74, 6) is -0.564. The maximum Gasteiger partial charge on any atom is 0.338 e. The van der Waals surface area contributed by atoms with E-state index in [9.17, 15) is 15.0 Å². The number of nitrogens with two attached hydrogens (primary N) is 1. The molecule has 152 valence electrons. The molecule has 0 bridgehead atoms. The van der Waals surface area contributed by atoms with Crippen LogP contribution in [0.25, 0.3) is 0 Å². The topological polar surface area (TPSA) is 111 Å². The lowest BCUT2D eigenvalue weighted by atomic mass is 9.97. The van der Waals surface area contributed by atoms with Crippen LogP contribution in [0.15, 0.2) is 30.3 Å². The van der Waals surface area contributed by atoms with Gasteiger partial charge in [-0.1, -0.05) is 39.0 Å². The number of esters is 1. The maximum atomic E-state index is 12.6. The molecule has 0 spiro atoms. The first-order valence-corrected chi connectivity index (χ1v) is 12.0. The molecular formula is C19H31NO6Si. The molecule has 0 unspecified atom stereocenters. The molecule has 1 aromatic carbocycles. The highest BCUT2D eigenvalue weighted by Crippen LogP contribution is 2.39. The molecule has 0 amide bonds. The van der Waals surface area contributed by atoms with Crippen LogP contribution >= 0.6 is 0 Å². The summed E-state index contributed by atoms with van der Waals surface area (Å²) in [6, 6.07) is 7.54. The zero-order valence-corrected chi connectivity index (χ0v) is 17.6. The Labute approximate surface area is 161 Å². The predicted octanol–water partition coefficient (Wildman–Crippen LogP) is 1.64. The van der Waals surface area contributed by atoms with Crippen LogP contribution in [0.1, 0.15) is 31.1 Å². The van der Waals surface area contributed by atoms with Crippen LogP contribution in [0.4, 0.5) is 0 Å². The van der Waals surface area contributed by atoms with Crippen molar-refractivity contribution in [3.63, 3.8) is 0 Å². The van der Waals surface area contributed by atoms with Crippen molar-refractivity contribution < 1.29 is 28.9 Å². The van der Waals surface area contributed by atoms with Crippen LogP contribution in [0.2, 0.25) is 18.1 Å². The molecule has 1 aliphatic rings. The zero-order chi connectivity index (χ0) is 20.4. The normalized spacial score (nSPS) is 29.4. The lowest BCUT2D eigenvalue weighted by Crippen LogP contribution is -2.66. The summed E-state index contributed by atoms with van der Waals surface area (Å²) in [6.07, 6.45) is -3.94. The predicted molar refractivity (Wildman–Crippen MR) is 104 cm³/mol. The van der Waals surface area contributed by atoms with E-state index in [-0.39, 0.29) is 11.6 Å². The van der Waals surface area contributed by atoms with E-state index >= 15 is 0 Å². The molecule has 1 heterocycles. The highest BCUT2D eigenvalue weighted by Gasteiger charge is 2.50. The van der Waals surface area contributed by atoms with Crippen LogP contribution in [0.3, 0.4) is 0 Å². The van der Waals surface area contributed by atoms with Crippen molar-refractivity contribution in [2.75, 3.05) is 6.61 Å². The first kappa shape index (κ1) is 22.0. The highest BCUT2D eigenvalue weighted by molar-refractivity contribution is 6.74. The van der Waals surface area contributed by atoms with Gasteiger partial charge in [0, 0.05) is 0 Å². The zero-order valence-electron chi connectivity index (χ0n) is 16.6. The van der Waals surface area contributed by atoms with Gasteiger partial charge >= 0.3 is 5.97 Å². The summed E-state index contributed by atoms with van der Waals surface area (Å²) in [6.45, 7) is 9.95. The molecule has 27 heavy (non-hydrogen) atoms. The lowest BCUT2D eigenvalue weighted by Gasteiger charge is -2.47. The molecule has 1 fully saturated rings. The minimum Gasteiger partial charge on any atom is -0.454 e. The number of rotatable bonds is 5. The number of ether oxygens (including phenoxy) is 2. The van der Waals surface area contributed by atoms with Crippen molar-refractivity contribution in [2.24, 2.45) is 5.73 Å². The van der Waals surface area contributed by atoms with Gasteiger partial charge < -0.3 is 29.8 Å². The Balaban J connectivity index is 2.31. The van der Waals surface area contributed by atoms with Crippen molar-refractivity contribution in [1.29, 1.82) is 0 Å². The van der Waals surface area contributed by atoms with Gasteiger partial charge in [0.15, 0.2) is 14.6 Å². The first-order valence-electron chi connectivity index (χ1n) is 9.12. The minimum absolute atomic E-state index is 0.110.